The van der Waals surface area contributed by atoms with Gasteiger partial charge in [0.05, 0.1) is 36.3 Å². The first-order chi connectivity index (χ1) is 21.7. The van der Waals surface area contributed by atoms with Crippen LogP contribution in [0.15, 0.2) is 24.3 Å². The molecule has 240 valence electrons. The molecule has 0 saturated carbocycles. The maximum atomic E-state index is 12.4. The Balaban J connectivity index is 2.11. The van der Waals surface area contributed by atoms with Crippen LogP contribution in [0, 0.1) is 55.4 Å². The van der Waals surface area contributed by atoms with Crippen LogP contribution in [0.2, 0.25) is 0 Å². The van der Waals surface area contributed by atoms with Crippen LogP contribution in [-0.4, -0.2) is 46.1 Å². The number of carbonyl (C=O) groups is 2. The van der Waals surface area contributed by atoms with Gasteiger partial charge in [0.2, 0.25) is 0 Å². The first-order valence-corrected chi connectivity index (χ1v) is 15.5. The average Bonchev–Trinajstić information content (AvgIpc) is 3.71. The number of ether oxygens (including phenoxy) is 2. The van der Waals surface area contributed by atoms with Crippen LogP contribution in [0.3, 0.4) is 0 Å². The molecule has 4 N–H and O–H groups in total. The predicted octanol–water partition coefficient (Wildman–Crippen LogP) is 4.07. The van der Waals surface area contributed by atoms with Crippen LogP contribution >= 0.6 is 0 Å². The number of aromatic nitrogens is 4. The monoisotopic (exact) mass is 620 g/mol. The van der Waals surface area contributed by atoms with E-state index < -0.39 is 11.9 Å². The third-order valence-electron chi connectivity index (χ3n) is 10.0. The van der Waals surface area contributed by atoms with E-state index in [4.69, 9.17) is 9.47 Å². The van der Waals surface area contributed by atoms with Crippen LogP contribution in [0.25, 0.3) is 22.3 Å². The molecule has 0 aliphatic carbocycles. The summed E-state index contributed by atoms with van der Waals surface area (Å²) in [4.78, 5) is 39.7. The molecule has 0 fully saturated rings. The lowest BCUT2D eigenvalue weighted by Gasteiger charge is -2.04. The number of allylic oxidation sites excluding steroid dienone is 2. The van der Waals surface area contributed by atoms with E-state index >= 15 is 0 Å². The van der Waals surface area contributed by atoms with Crippen molar-refractivity contribution in [3.8, 4) is 0 Å². The van der Waals surface area contributed by atoms with Crippen molar-refractivity contribution >= 4 is 34.2 Å². The van der Waals surface area contributed by atoms with Gasteiger partial charge < -0.3 is 29.4 Å². The fourth-order valence-corrected chi connectivity index (χ4v) is 6.60. The van der Waals surface area contributed by atoms with E-state index in [1.54, 1.807) is 12.2 Å². The van der Waals surface area contributed by atoms with E-state index in [1.165, 1.54) is 37.5 Å². The standard InChI is InChI=1S/C38H44N4O4/c1-17-18(2)32-26(10)34-20(4)22(6)36(41-34)28(14-16-30(44)46-12)38-24(8)23(7)37(42-38)27(13-15-29(43)45-11)35-21(5)19(3)33(40-35)25(9)31(17)39-32/h13-16,39-42H,1-12H3/b15-13+,16-14+,31-25?,32-26?,33-25?,34-26?,35-27?,36-28?,37-27?,38-28?. The highest BCUT2D eigenvalue weighted by Crippen LogP contribution is 2.29. The second kappa shape index (κ2) is 12.1. The zero-order valence-electron chi connectivity index (χ0n) is 28.9. The largest absolute Gasteiger partial charge is 0.466 e. The topological polar surface area (TPSA) is 116 Å². The predicted molar refractivity (Wildman–Crippen MR) is 183 cm³/mol. The van der Waals surface area contributed by atoms with Gasteiger partial charge in [-0.1, -0.05) is 0 Å². The lowest BCUT2D eigenvalue weighted by molar-refractivity contribution is -0.135. The Labute approximate surface area is 269 Å². The summed E-state index contributed by atoms with van der Waals surface area (Å²) in [6.07, 6.45) is 6.51. The van der Waals surface area contributed by atoms with E-state index in [0.29, 0.717) is 0 Å². The van der Waals surface area contributed by atoms with Crippen molar-refractivity contribution in [3.05, 3.63) is 113 Å². The molecule has 1 aliphatic rings. The van der Waals surface area contributed by atoms with Crippen LogP contribution < -0.4 is 21.4 Å². The summed E-state index contributed by atoms with van der Waals surface area (Å²) in [5.74, 6) is -0.890. The minimum Gasteiger partial charge on any atom is -0.466 e. The van der Waals surface area contributed by atoms with Crippen LogP contribution in [0.4, 0.5) is 0 Å². The summed E-state index contributed by atoms with van der Waals surface area (Å²) >= 11 is 0. The Morgan fingerprint density at radius 2 is 0.739 bits per heavy atom. The highest BCUT2D eigenvalue weighted by molar-refractivity contribution is 5.89. The Bertz CT molecular complexity index is 2100. The first kappa shape index (κ1) is 32.4. The number of aromatic amines is 4. The van der Waals surface area contributed by atoms with Gasteiger partial charge in [0, 0.05) is 45.4 Å². The number of fused-ring (bicyclic) bond motifs is 8. The molecule has 0 atom stereocenters. The zero-order chi connectivity index (χ0) is 33.8. The second-order valence-electron chi connectivity index (χ2n) is 12.3. The smallest absolute Gasteiger partial charge is 0.330 e. The average molecular weight is 621 g/mol. The molecule has 4 aromatic heterocycles. The summed E-state index contributed by atoms with van der Waals surface area (Å²) in [6.45, 7) is 21.2. The normalized spacial score (nSPS) is 13.5. The SMILES string of the molecule is COC(=O)/C=C/C1=c2[nH]c(c(C)c2C)=C(/C=C/C(=O)OC)c2[nH]c(c(C)c2C)C(C)=c2[nH]c(c(C)c2C)=C(C)c2[nH]c1c(C)c2C. The van der Waals surface area contributed by atoms with Gasteiger partial charge >= 0.3 is 11.9 Å². The minimum absolute atomic E-state index is 0.445. The summed E-state index contributed by atoms with van der Waals surface area (Å²) in [5.41, 5.74) is 16.6. The molecule has 8 nitrogen and oxygen atoms in total. The van der Waals surface area contributed by atoms with Crippen LogP contribution in [0.1, 0.15) is 81.1 Å². The maximum absolute atomic E-state index is 12.4. The molecule has 0 spiro atoms. The van der Waals surface area contributed by atoms with E-state index in [9.17, 15) is 9.59 Å². The number of methoxy groups -OCH3 is 2. The van der Waals surface area contributed by atoms with Gasteiger partial charge in [-0.25, -0.2) is 9.59 Å². The Hall–Kier alpha value is -4.98. The minimum atomic E-state index is -0.445. The molecule has 0 unspecified atom stereocenters. The highest BCUT2D eigenvalue weighted by atomic mass is 16.5. The van der Waals surface area contributed by atoms with Crippen molar-refractivity contribution in [1.82, 2.24) is 19.9 Å². The van der Waals surface area contributed by atoms with Crippen molar-refractivity contribution in [2.45, 2.75) is 69.2 Å². The number of hydrogen-bond acceptors (Lipinski definition) is 4. The fraction of sp³-hybridized carbons (Fsp3) is 0.316. The Morgan fingerprint density at radius 1 is 0.435 bits per heavy atom. The quantitative estimate of drug-likeness (QED) is 0.203. The molecule has 8 bridgehead atoms. The third kappa shape index (κ3) is 5.11. The van der Waals surface area contributed by atoms with Gasteiger partial charge in [-0.2, -0.15) is 0 Å². The summed E-state index contributed by atoms with van der Waals surface area (Å²) in [6, 6.07) is 0. The molecule has 0 aromatic carbocycles. The summed E-state index contributed by atoms with van der Waals surface area (Å²) in [5, 5.41) is 3.86. The molecule has 0 amide bonds. The van der Waals surface area contributed by atoms with Gasteiger partial charge in [0.1, 0.15) is 0 Å². The highest BCUT2D eigenvalue weighted by Gasteiger charge is 2.22. The molecule has 46 heavy (non-hydrogen) atoms. The Kier molecular flexibility index (Phi) is 8.51. The van der Waals surface area contributed by atoms with E-state index in [2.05, 4.69) is 89.2 Å². The van der Waals surface area contributed by atoms with E-state index in [1.807, 2.05) is 0 Å². The fourth-order valence-electron chi connectivity index (χ4n) is 6.60. The van der Waals surface area contributed by atoms with Crippen molar-refractivity contribution in [1.29, 1.82) is 0 Å². The lowest BCUT2D eigenvalue weighted by atomic mass is 10.0. The van der Waals surface area contributed by atoms with E-state index in [-0.39, 0.29) is 0 Å². The first-order valence-electron chi connectivity index (χ1n) is 15.5. The number of H-pyrrole nitrogens is 4. The molecule has 1 aliphatic heterocycles. The molecular weight excluding hydrogens is 576 g/mol. The molecule has 0 saturated heterocycles. The van der Waals surface area contributed by atoms with Crippen molar-refractivity contribution < 1.29 is 19.1 Å². The van der Waals surface area contributed by atoms with Gasteiger partial charge in [-0.3, -0.25) is 0 Å². The van der Waals surface area contributed by atoms with Gasteiger partial charge in [0.25, 0.3) is 0 Å². The molecule has 5 heterocycles. The van der Waals surface area contributed by atoms with Crippen LogP contribution in [0.5, 0.6) is 0 Å². The molecular formula is C38H44N4O4. The number of rotatable bonds is 4. The maximum Gasteiger partial charge on any atom is 0.330 e. The summed E-state index contributed by atoms with van der Waals surface area (Å²) in [7, 11) is 2.74. The molecule has 0 radical (unpaired) electrons. The van der Waals surface area contributed by atoms with Crippen molar-refractivity contribution in [2.24, 2.45) is 0 Å². The summed E-state index contributed by atoms with van der Waals surface area (Å²) < 4.78 is 9.95. The zero-order valence-corrected chi connectivity index (χ0v) is 28.9. The van der Waals surface area contributed by atoms with Crippen molar-refractivity contribution in [3.63, 3.8) is 0 Å². The third-order valence-corrected chi connectivity index (χ3v) is 10.0. The molecule has 5 rings (SSSR count). The second-order valence-corrected chi connectivity index (χ2v) is 12.3. The van der Waals surface area contributed by atoms with Gasteiger partial charge in [0.15, 0.2) is 0 Å². The number of esters is 2. The van der Waals surface area contributed by atoms with E-state index in [0.717, 1.165) is 99.8 Å². The van der Waals surface area contributed by atoms with Gasteiger partial charge in [-0.05, 0) is 137 Å². The lowest BCUT2D eigenvalue weighted by Crippen LogP contribution is -2.18. The number of nitrogens with one attached hydrogen (secondary N) is 4. The van der Waals surface area contributed by atoms with Crippen LogP contribution in [-0.2, 0) is 19.1 Å². The van der Waals surface area contributed by atoms with Crippen molar-refractivity contribution in [2.75, 3.05) is 14.2 Å². The number of hydrogen-bond donors (Lipinski definition) is 4. The number of carbonyl (C=O) groups excluding carboxylic acids is 2. The Morgan fingerprint density at radius 3 is 1.09 bits per heavy atom. The molecule has 4 aromatic rings. The van der Waals surface area contributed by atoms with Gasteiger partial charge in [-0.15, -0.1) is 0 Å². The molecule has 8 heteroatoms.